The van der Waals surface area contributed by atoms with Crippen LogP contribution in [0.15, 0.2) is 85.1 Å². The lowest BCUT2D eigenvalue weighted by molar-refractivity contribution is -0.870. The van der Waals surface area contributed by atoms with Crippen LogP contribution in [0, 0.1) is 0 Å². The van der Waals surface area contributed by atoms with E-state index in [1.165, 1.54) is 51.4 Å². The topological polar surface area (TPSA) is 108 Å². The molecule has 0 aliphatic heterocycles. The van der Waals surface area contributed by atoms with E-state index in [9.17, 15) is 19.4 Å². The van der Waals surface area contributed by atoms with Gasteiger partial charge < -0.3 is 28.8 Å². The molecule has 0 radical (unpaired) electrons. The molecule has 0 heterocycles. The number of hydrogen-bond acceptors (Lipinski definition) is 6. The highest BCUT2D eigenvalue weighted by atomic mass is 31.2. The highest BCUT2D eigenvalue weighted by molar-refractivity contribution is 7.45. The molecule has 58 heavy (non-hydrogen) atoms. The normalized spacial score (nSPS) is 15.1. The van der Waals surface area contributed by atoms with Crippen LogP contribution in [0.25, 0.3) is 0 Å². The highest BCUT2D eigenvalue weighted by Gasteiger charge is 2.24. The number of hydrogen-bond donors (Lipinski definition) is 2. The molecule has 2 N–H and O–H groups in total. The second-order valence-corrected chi connectivity index (χ2v) is 17.8. The lowest BCUT2D eigenvalue weighted by Crippen LogP contribution is -2.46. The second-order valence-electron chi connectivity index (χ2n) is 16.4. The minimum atomic E-state index is -4.58. The summed E-state index contributed by atoms with van der Waals surface area (Å²) in [6, 6.07) is -0.822. The van der Waals surface area contributed by atoms with Crippen LogP contribution >= 0.6 is 7.82 Å². The van der Waals surface area contributed by atoms with Crippen LogP contribution in [0.4, 0.5) is 0 Å². The van der Waals surface area contributed by atoms with Crippen molar-refractivity contribution < 1.29 is 32.9 Å². The fourth-order valence-electron chi connectivity index (χ4n) is 6.02. The Morgan fingerprint density at radius 2 is 1.05 bits per heavy atom. The van der Waals surface area contributed by atoms with Gasteiger partial charge in [-0.2, -0.15) is 0 Å². The molecule has 0 saturated heterocycles. The number of nitrogens with zero attached hydrogens (tertiary/aromatic N) is 1. The van der Waals surface area contributed by atoms with Crippen LogP contribution in [0.1, 0.15) is 168 Å². The van der Waals surface area contributed by atoms with Gasteiger partial charge in [0.2, 0.25) is 5.91 Å². The van der Waals surface area contributed by atoms with Crippen molar-refractivity contribution in [3.63, 3.8) is 0 Å². The zero-order valence-electron chi connectivity index (χ0n) is 37.7. The molecule has 3 unspecified atom stereocenters. The number of phosphoric acid groups is 1. The van der Waals surface area contributed by atoms with Crippen LogP contribution < -0.4 is 10.2 Å². The largest absolute Gasteiger partial charge is 0.756 e. The first-order chi connectivity index (χ1) is 28.0. The summed E-state index contributed by atoms with van der Waals surface area (Å²) in [5.74, 6) is -0.202. The van der Waals surface area contributed by atoms with E-state index >= 15 is 0 Å². The molecule has 0 aliphatic carbocycles. The molecule has 3 atom stereocenters. The third-order valence-corrected chi connectivity index (χ3v) is 10.6. The Morgan fingerprint density at radius 1 is 0.621 bits per heavy atom. The molecular weight excluding hydrogens is 744 g/mol. The van der Waals surface area contributed by atoms with Gasteiger partial charge >= 0.3 is 0 Å². The average Bonchev–Trinajstić information content (AvgIpc) is 3.17. The van der Waals surface area contributed by atoms with Crippen LogP contribution in [0.2, 0.25) is 0 Å². The molecule has 0 spiro atoms. The van der Waals surface area contributed by atoms with Crippen LogP contribution in [-0.4, -0.2) is 68.5 Å². The number of phosphoric ester groups is 1. The van der Waals surface area contributed by atoms with E-state index in [1.807, 2.05) is 21.1 Å². The maximum atomic E-state index is 12.9. The van der Waals surface area contributed by atoms with Gasteiger partial charge in [0.15, 0.2) is 0 Å². The molecule has 0 aromatic rings. The van der Waals surface area contributed by atoms with Crippen molar-refractivity contribution in [1.29, 1.82) is 0 Å². The number of nitrogens with one attached hydrogen (secondary N) is 1. The SMILES string of the molecule is CC/C=C\C/C=C\C/C=C\C/C=C\C/C=C\C/C=C\C/C=C\CCCCCC(=O)NC(COP(=O)([O-])OCC[N+](C)(C)C)C(O)CCCCCCCCCCCCC. The van der Waals surface area contributed by atoms with Crippen molar-refractivity contribution in [2.24, 2.45) is 0 Å². The monoisotopic (exact) mass is 831 g/mol. The summed E-state index contributed by atoms with van der Waals surface area (Å²) in [5, 5.41) is 13.9. The molecule has 9 heteroatoms. The summed E-state index contributed by atoms with van der Waals surface area (Å²) in [7, 11) is 1.26. The Balaban J connectivity index is 4.37. The number of carbonyl (C=O) groups excluding carboxylic acids is 1. The summed E-state index contributed by atoms with van der Waals surface area (Å²) in [6.07, 6.45) is 54.5. The number of likely N-dealkylation sites (N-methyl/N-ethyl adjacent to an activating group) is 1. The Labute approximate surface area is 356 Å². The lowest BCUT2D eigenvalue weighted by atomic mass is 10.0. The Kier molecular flexibility index (Phi) is 38.5. The zero-order valence-corrected chi connectivity index (χ0v) is 38.6. The van der Waals surface area contributed by atoms with E-state index in [0.29, 0.717) is 23.9 Å². The van der Waals surface area contributed by atoms with E-state index < -0.39 is 20.0 Å². The average molecular weight is 831 g/mol. The Morgan fingerprint density at radius 3 is 1.52 bits per heavy atom. The van der Waals surface area contributed by atoms with E-state index in [1.54, 1.807) is 0 Å². The minimum Gasteiger partial charge on any atom is -0.756 e. The fraction of sp³-hybridized carbons (Fsp3) is 0.694. The first-order valence-electron chi connectivity index (χ1n) is 22.9. The molecule has 0 aromatic heterocycles. The maximum Gasteiger partial charge on any atom is 0.268 e. The van der Waals surface area contributed by atoms with Gasteiger partial charge in [-0.3, -0.25) is 9.36 Å². The van der Waals surface area contributed by atoms with Gasteiger partial charge in [0.05, 0.1) is 39.9 Å². The van der Waals surface area contributed by atoms with E-state index in [2.05, 4.69) is 104 Å². The number of aliphatic hydroxyl groups excluding tert-OH is 1. The standard InChI is InChI=1S/C49H87N2O6P/c1-6-8-10-12-14-16-18-19-20-21-22-23-24-25-26-27-28-29-30-31-33-35-37-39-41-43-49(53)50-47(46-57-58(54,55)56-45-44-51(3,4)5)48(52)42-40-38-36-34-32-17-15-13-11-9-7-2/h8,10,14,16,19-20,22-23,25-26,28-29,31,33,47-48,52H,6-7,9,11-13,15,17-18,21,24,27,30,32,34-46H2,1-5H3,(H-,50,53,54,55)/b10-8-,16-14-,20-19-,23-22-,26-25-,29-28-,33-31-. The van der Waals surface area contributed by atoms with Crippen LogP contribution in [0.5, 0.6) is 0 Å². The highest BCUT2D eigenvalue weighted by Crippen LogP contribution is 2.38. The minimum absolute atomic E-state index is 0.000291. The quantitative estimate of drug-likeness (QED) is 0.0276. The van der Waals surface area contributed by atoms with Crippen molar-refractivity contribution in [1.82, 2.24) is 5.32 Å². The molecule has 1 amide bonds. The molecular formula is C49H87N2O6P. The van der Waals surface area contributed by atoms with Gasteiger partial charge in [0, 0.05) is 6.42 Å². The lowest BCUT2D eigenvalue weighted by Gasteiger charge is -2.30. The molecule has 0 rings (SSSR count). The van der Waals surface area contributed by atoms with Crippen molar-refractivity contribution in [3.05, 3.63) is 85.1 Å². The molecule has 0 fully saturated rings. The van der Waals surface area contributed by atoms with Gasteiger partial charge in [0.1, 0.15) is 13.2 Å². The first-order valence-corrected chi connectivity index (χ1v) is 24.4. The van der Waals surface area contributed by atoms with Gasteiger partial charge in [-0.25, -0.2) is 0 Å². The summed E-state index contributed by atoms with van der Waals surface area (Å²) in [5.41, 5.74) is 0. The Bertz CT molecular complexity index is 1220. The molecule has 0 aliphatic rings. The van der Waals surface area contributed by atoms with Crippen molar-refractivity contribution >= 4 is 13.7 Å². The summed E-state index contributed by atoms with van der Waals surface area (Å²) < 4.78 is 23.2. The maximum absolute atomic E-state index is 12.9. The number of quaternary nitrogens is 1. The third-order valence-electron chi connectivity index (χ3n) is 9.65. The number of amides is 1. The molecule has 334 valence electrons. The summed E-state index contributed by atoms with van der Waals surface area (Å²) in [6.45, 7) is 4.54. The molecule has 8 nitrogen and oxygen atoms in total. The fourth-order valence-corrected chi connectivity index (χ4v) is 6.74. The van der Waals surface area contributed by atoms with Crippen molar-refractivity contribution in [2.75, 3.05) is 40.9 Å². The predicted octanol–water partition coefficient (Wildman–Crippen LogP) is 12.3. The van der Waals surface area contributed by atoms with Crippen molar-refractivity contribution in [2.45, 2.75) is 180 Å². The number of carbonyl (C=O) groups is 1. The van der Waals surface area contributed by atoms with Gasteiger partial charge in [-0.15, -0.1) is 0 Å². The zero-order chi connectivity index (χ0) is 42.8. The molecule has 0 saturated carbocycles. The van der Waals surface area contributed by atoms with Gasteiger partial charge in [-0.05, 0) is 70.6 Å². The first kappa shape index (κ1) is 55.7. The molecule has 0 bridgehead atoms. The van der Waals surface area contributed by atoms with Crippen LogP contribution in [-0.2, 0) is 18.4 Å². The number of allylic oxidation sites excluding steroid dienone is 14. The summed E-state index contributed by atoms with van der Waals surface area (Å²) >= 11 is 0. The smallest absolute Gasteiger partial charge is 0.268 e. The summed E-state index contributed by atoms with van der Waals surface area (Å²) in [4.78, 5) is 25.3. The Hall–Kier alpha value is -2.32. The van der Waals surface area contributed by atoms with Crippen molar-refractivity contribution in [3.8, 4) is 0 Å². The number of unbranched alkanes of at least 4 members (excludes halogenated alkanes) is 13. The van der Waals surface area contributed by atoms with Gasteiger partial charge in [0.25, 0.3) is 7.82 Å². The van der Waals surface area contributed by atoms with Gasteiger partial charge in [-0.1, -0.05) is 176 Å². The third kappa shape index (κ3) is 41.8. The second kappa shape index (κ2) is 40.1. The predicted molar refractivity (Wildman–Crippen MR) is 246 cm³/mol. The number of aliphatic hydroxyl groups is 1. The van der Waals surface area contributed by atoms with Crippen LogP contribution in [0.3, 0.4) is 0 Å². The number of rotatable bonds is 40. The van der Waals surface area contributed by atoms with E-state index in [4.69, 9.17) is 9.05 Å². The van der Waals surface area contributed by atoms with E-state index in [0.717, 1.165) is 89.9 Å². The van der Waals surface area contributed by atoms with E-state index in [-0.39, 0.29) is 19.1 Å². The molecule has 0 aromatic carbocycles.